The smallest absolute Gasteiger partial charge is 0.236 e. The summed E-state index contributed by atoms with van der Waals surface area (Å²) in [5, 5.41) is 2.84. The number of hydrogen-bond acceptors (Lipinski definition) is 4. The van der Waals surface area contributed by atoms with E-state index >= 15 is 0 Å². The highest BCUT2D eigenvalue weighted by molar-refractivity contribution is 6.17. The van der Waals surface area contributed by atoms with Gasteiger partial charge in [-0.05, 0) is 51.3 Å². The van der Waals surface area contributed by atoms with E-state index < -0.39 is 17.2 Å². The quantitative estimate of drug-likeness (QED) is 0.804. The number of Topliss-reactive ketones (excluding diaryl/α,β-unsaturated/α-hetero) is 1. The zero-order chi connectivity index (χ0) is 17.0. The van der Waals surface area contributed by atoms with E-state index in [0.717, 1.165) is 22.3 Å². The third-order valence-electron chi connectivity index (χ3n) is 4.72. The van der Waals surface area contributed by atoms with Crippen LogP contribution < -0.4 is 5.32 Å². The second-order valence-corrected chi connectivity index (χ2v) is 7.16. The fourth-order valence-corrected chi connectivity index (χ4v) is 3.57. The van der Waals surface area contributed by atoms with E-state index in [4.69, 9.17) is 9.47 Å². The van der Waals surface area contributed by atoms with Crippen molar-refractivity contribution >= 4 is 11.7 Å². The summed E-state index contributed by atoms with van der Waals surface area (Å²) in [5.74, 6) is -1.95. The molecule has 0 bridgehead atoms. The average molecular weight is 317 g/mol. The molecule has 0 radical (unpaired) electrons. The number of carbonyl (C=O) groups is 2. The Bertz CT molecular complexity index is 659. The fraction of sp³-hybridized carbons (Fsp3) is 0.556. The van der Waals surface area contributed by atoms with Crippen molar-refractivity contribution in [2.75, 3.05) is 13.2 Å². The van der Waals surface area contributed by atoms with Crippen LogP contribution >= 0.6 is 0 Å². The lowest BCUT2D eigenvalue weighted by Gasteiger charge is -2.40. The fourth-order valence-electron chi connectivity index (χ4n) is 3.57. The first kappa shape index (κ1) is 16.1. The number of rotatable bonds is 1. The SMILES string of the molecule is Cc1cc(C)c(C2C(=O)NC3(COC(C)(C)OC3)C2=O)c(C)c1. The Hall–Kier alpha value is -1.72. The number of ketones is 1. The molecule has 1 atom stereocenters. The average Bonchev–Trinajstić information content (AvgIpc) is 2.66. The third-order valence-corrected chi connectivity index (χ3v) is 4.72. The Morgan fingerprint density at radius 1 is 1.04 bits per heavy atom. The van der Waals surface area contributed by atoms with Crippen LogP contribution in [-0.2, 0) is 19.1 Å². The molecule has 2 aliphatic heterocycles. The summed E-state index contributed by atoms with van der Waals surface area (Å²) in [6.45, 7) is 9.78. The molecular formula is C18H23NO4. The topological polar surface area (TPSA) is 64.6 Å². The molecule has 2 heterocycles. The Morgan fingerprint density at radius 2 is 1.57 bits per heavy atom. The Labute approximate surface area is 136 Å². The van der Waals surface area contributed by atoms with E-state index in [1.165, 1.54) is 0 Å². The van der Waals surface area contributed by atoms with Crippen LogP contribution in [0.25, 0.3) is 0 Å². The minimum atomic E-state index is -1.07. The number of ether oxygens (including phenoxy) is 2. The number of aryl methyl sites for hydroxylation is 3. The van der Waals surface area contributed by atoms with Gasteiger partial charge in [0.15, 0.2) is 11.6 Å². The maximum atomic E-state index is 13.1. The first-order valence-corrected chi connectivity index (χ1v) is 7.87. The first-order valence-electron chi connectivity index (χ1n) is 7.87. The van der Waals surface area contributed by atoms with Gasteiger partial charge in [-0.2, -0.15) is 0 Å². The van der Waals surface area contributed by atoms with Crippen molar-refractivity contribution in [1.29, 1.82) is 0 Å². The van der Waals surface area contributed by atoms with Crippen LogP contribution in [0.15, 0.2) is 12.1 Å². The molecule has 1 aromatic carbocycles. The summed E-state index contributed by atoms with van der Waals surface area (Å²) in [5.41, 5.74) is 2.79. The van der Waals surface area contributed by atoms with Gasteiger partial charge in [-0.25, -0.2) is 0 Å². The van der Waals surface area contributed by atoms with Crippen molar-refractivity contribution in [3.05, 3.63) is 34.4 Å². The summed E-state index contributed by atoms with van der Waals surface area (Å²) < 4.78 is 11.3. The highest BCUT2D eigenvalue weighted by Crippen LogP contribution is 2.37. The second kappa shape index (κ2) is 5.14. The Kier molecular flexibility index (Phi) is 3.61. The van der Waals surface area contributed by atoms with E-state index in [1.54, 1.807) is 13.8 Å². The van der Waals surface area contributed by atoms with Gasteiger partial charge in [-0.1, -0.05) is 17.7 Å². The summed E-state index contributed by atoms with van der Waals surface area (Å²) in [6.07, 6.45) is 0. The molecule has 2 saturated heterocycles. The molecule has 5 heteroatoms. The zero-order valence-electron chi connectivity index (χ0n) is 14.3. The van der Waals surface area contributed by atoms with E-state index in [-0.39, 0.29) is 24.9 Å². The highest BCUT2D eigenvalue weighted by Gasteiger charge is 2.57. The monoisotopic (exact) mass is 317 g/mol. The van der Waals surface area contributed by atoms with Crippen LogP contribution in [-0.4, -0.2) is 36.2 Å². The van der Waals surface area contributed by atoms with Crippen molar-refractivity contribution in [2.24, 2.45) is 0 Å². The summed E-state index contributed by atoms with van der Waals surface area (Å²) in [7, 11) is 0. The maximum absolute atomic E-state index is 13.1. The van der Waals surface area contributed by atoms with Crippen LogP contribution in [0.5, 0.6) is 0 Å². The van der Waals surface area contributed by atoms with Crippen molar-refractivity contribution < 1.29 is 19.1 Å². The summed E-state index contributed by atoms with van der Waals surface area (Å²) in [6, 6.07) is 4.01. The number of amides is 1. The van der Waals surface area contributed by atoms with Gasteiger partial charge in [-0.3, -0.25) is 9.59 Å². The van der Waals surface area contributed by atoms with Crippen LogP contribution in [0.1, 0.15) is 42.0 Å². The first-order chi connectivity index (χ1) is 10.7. The van der Waals surface area contributed by atoms with Crippen molar-refractivity contribution in [3.63, 3.8) is 0 Å². The summed E-state index contributed by atoms with van der Waals surface area (Å²) >= 11 is 0. The standard InChI is InChI=1S/C18H23NO4/c1-10-6-11(2)13(12(3)7-10)14-15(20)18(19-16(14)21)8-22-17(4,5)23-9-18/h6-7,14H,8-9H2,1-5H3,(H,19,21). The number of nitrogens with one attached hydrogen (secondary N) is 1. The molecule has 2 fully saturated rings. The molecule has 0 aromatic heterocycles. The largest absolute Gasteiger partial charge is 0.348 e. The molecule has 1 N–H and O–H groups in total. The normalized spacial score (nSPS) is 25.7. The van der Waals surface area contributed by atoms with Gasteiger partial charge in [0.05, 0.1) is 13.2 Å². The molecule has 0 saturated carbocycles. The number of hydrogen-bond donors (Lipinski definition) is 1. The molecule has 1 unspecified atom stereocenters. The van der Waals surface area contributed by atoms with Gasteiger partial charge in [0.1, 0.15) is 11.5 Å². The lowest BCUT2D eigenvalue weighted by molar-refractivity contribution is -0.265. The molecule has 1 aromatic rings. The zero-order valence-corrected chi connectivity index (χ0v) is 14.3. The molecule has 0 aliphatic carbocycles. The van der Waals surface area contributed by atoms with E-state index in [9.17, 15) is 9.59 Å². The van der Waals surface area contributed by atoms with Gasteiger partial charge in [0.2, 0.25) is 5.91 Å². The molecule has 5 nitrogen and oxygen atoms in total. The Balaban J connectivity index is 1.98. The van der Waals surface area contributed by atoms with Crippen LogP contribution in [0.4, 0.5) is 0 Å². The van der Waals surface area contributed by atoms with Gasteiger partial charge in [-0.15, -0.1) is 0 Å². The van der Waals surface area contributed by atoms with E-state index in [1.807, 2.05) is 32.9 Å². The molecule has 2 aliphatic rings. The maximum Gasteiger partial charge on any atom is 0.236 e. The van der Waals surface area contributed by atoms with E-state index in [2.05, 4.69) is 5.32 Å². The Morgan fingerprint density at radius 3 is 2.09 bits per heavy atom. The molecule has 1 amide bonds. The number of carbonyl (C=O) groups excluding carboxylic acids is 2. The predicted molar refractivity (Wildman–Crippen MR) is 85.3 cm³/mol. The van der Waals surface area contributed by atoms with Crippen molar-refractivity contribution in [2.45, 2.75) is 51.9 Å². The van der Waals surface area contributed by atoms with Gasteiger partial charge in [0, 0.05) is 0 Å². The molecule has 1 spiro atoms. The minimum absolute atomic E-state index is 0.144. The second-order valence-electron chi connectivity index (χ2n) is 7.16. The minimum Gasteiger partial charge on any atom is -0.348 e. The molecule has 124 valence electrons. The van der Waals surface area contributed by atoms with Crippen molar-refractivity contribution in [1.82, 2.24) is 5.32 Å². The van der Waals surface area contributed by atoms with Crippen LogP contribution in [0.3, 0.4) is 0 Å². The van der Waals surface area contributed by atoms with Gasteiger partial charge in [0.25, 0.3) is 0 Å². The third kappa shape index (κ3) is 2.58. The summed E-state index contributed by atoms with van der Waals surface area (Å²) in [4.78, 5) is 25.6. The van der Waals surface area contributed by atoms with Crippen LogP contribution in [0.2, 0.25) is 0 Å². The van der Waals surface area contributed by atoms with Crippen molar-refractivity contribution in [3.8, 4) is 0 Å². The molecule has 23 heavy (non-hydrogen) atoms. The molecule has 3 rings (SSSR count). The van der Waals surface area contributed by atoms with Gasteiger partial charge >= 0.3 is 0 Å². The lowest BCUT2D eigenvalue weighted by atomic mass is 9.83. The lowest BCUT2D eigenvalue weighted by Crippen LogP contribution is -2.60. The van der Waals surface area contributed by atoms with Gasteiger partial charge < -0.3 is 14.8 Å². The van der Waals surface area contributed by atoms with E-state index in [0.29, 0.717) is 0 Å². The number of benzene rings is 1. The predicted octanol–water partition coefficient (Wildman–Crippen LogP) is 1.92. The molecular weight excluding hydrogens is 294 g/mol. The highest BCUT2D eigenvalue weighted by atomic mass is 16.7. The van der Waals surface area contributed by atoms with Crippen LogP contribution in [0, 0.1) is 20.8 Å².